The molecule has 0 fully saturated rings. The molecule has 4 nitrogen and oxygen atoms in total. The van der Waals surface area contributed by atoms with Crippen molar-refractivity contribution in [2.45, 2.75) is 25.4 Å². The summed E-state index contributed by atoms with van der Waals surface area (Å²) in [4.78, 5) is 12.6. The van der Waals surface area contributed by atoms with Gasteiger partial charge in [-0.1, -0.05) is 36.4 Å². The average molecular weight is 375 g/mol. The maximum absolute atomic E-state index is 12.6. The van der Waals surface area contributed by atoms with Gasteiger partial charge in [-0.3, -0.25) is 4.79 Å². The molecule has 0 saturated heterocycles. The van der Waals surface area contributed by atoms with Gasteiger partial charge in [0.2, 0.25) is 5.91 Å². The predicted octanol–water partition coefficient (Wildman–Crippen LogP) is 4.89. The van der Waals surface area contributed by atoms with Crippen molar-refractivity contribution in [1.29, 1.82) is 0 Å². The van der Waals surface area contributed by atoms with Gasteiger partial charge in [-0.25, -0.2) is 4.68 Å². The summed E-state index contributed by atoms with van der Waals surface area (Å²) in [7, 11) is 0. The summed E-state index contributed by atoms with van der Waals surface area (Å²) in [6.07, 6.45) is 3.39. The first-order valence-corrected chi connectivity index (χ1v) is 10.1. The Kier molecular flexibility index (Phi) is 4.86. The van der Waals surface area contributed by atoms with Crippen molar-refractivity contribution >= 4 is 29.6 Å². The maximum Gasteiger partial charge on any atom is 0.249 e. The van der Waals surface area contributed by atoms with Crippen molar-refractivity contribution in [3.63, 3.8) is 0 Å². The number of nitrogens with zero attached hydrogens (tertiary/aromatic N) is 2. The fourth-order valence-electron chi connectivity index (χ4n) is 3.30. The highest BCUT2D eigenvalue weighted by atomic mass is 32.2. The summed E-state index contributed by atoms with van der Waals surface area (Å²) in [5.74, 6) is 2.39. The molecule has 2 aromatic carbocycles. The summed E-state index contributed by atoms with van der Waals surface area (Å²) < 4.78 is 1.87. The molecule has 5 heteroatoms. The number of fused-ring (bicyclic) bond motifs is 1. The lowest BCUT2D eigenvalue weighted by molar-refractivity contribution is -0.111. The van der Waals surface area contributed by atoms with E-state index in [0.717, 1.165) is 39.8 Å². The summed E-state index contributed by atoms with van der Waals surface area (Å²) in [6, 6.07) is 16.1. The van der Waals surface area contributed by atoms with Gasteiger partial charge < -0.3 is 5.32 Å². The molecular formula is C22H21N3OS. The Bertz CT molecular complexity index is 1000. The molecule has 4 rings (SSSR count). The van der Waals surface area contributed by atoms with Crippen molar-refractivity contribution in [2.24, 2.45) is 0 Å². The minimum absolute atomic E-state index is 0.149. The first-order chi connectivity index (χ1) is 13.1. The highest BCUT2D eigenvalue weighted by molar-refractivity contribution is 7.98. The summed E-state index contributed by atoms with van der Waals surface area (Å²) in [5.41, 5.74) is 6.51. The van der Waals surface area contributed by atoms with E-state index in [9.17, 15) is 4.79 Å². The first kappa shape index (κ1) is 17.6. The number of rotatable bonds is 4. The van der Waals surface area contributed by atoms with Gasteiger partial charge in [0, 0.05) is 23.1 Å². The number of aryl methyl sites for hydroxylation is 2. The van der Waals surface area contributed by atoms with E-state index in [1.54, 1.807) is 6.08 Å². The number of nitrogens with one attached hydrogen (secondary N) is 1. The predicted molar refractivity (Wildman–Crippen MR) is 112 cm³/mol. The normalized spacial score (nSPS) is 13.1. The third kappa shape index (κ3) is 3.83. The van der Waals surface area contributed by atoms with Crippen molar-refractivity contribution in [3.05, 3.63) is 82.6 Å². The molecular weight excluding hydrogens is 354 g/mol. The van der Waals surface area contributed by atoms with Crippen molar-refractivity contribution in [1.82, 2.24) is 9.78 Å². The molecule has 27 heavy (non-hydrogen) atoms. The molecule has 0 bridgehead atoms. The lowest BCUT2D eigenvalue weighted by Crippen LogP contribution is -2.13. The van der Waals surface area contributed by atoms with Crippen molar-refractivity contribution in [3.8, 4) is 5.69 Å². The van der Waals surface area contributed by atoms with Gasteiger partial charge in [0.15, 0.2) is 0 Å². The van der Waals surface area contributed by atoms with Crippen LogP contribution in [-0.4, -0.2) is 15.7 Å². The van der Waals surface area contributed by atoms with Crippen LogP contribution in [-0.2, 0) is 16.3 Å². The number of amides is 1. The molecule has 136 valence electrons. The number of carbonyl (C=O) groups excluding carboxylic acids is 1. The monoisotopic (exact) mass is 375 g/mol. The van der Waals surface area contributed by atoms with E-state index in [1.807, 2.05) is 52.9 Å². The zero-order valence-electron chi connectivity index (χ0n) is 15.4. The van der Waals surface area contributed by atoms with Gasteiger partial charge in [0.1, 0.15) is 5.82 Å². The topological polar surface area (TPSA) is 46.9 Å². The molecule has 1 amide bonds. The van der Waals surface area contributed by atoms with Crippen LogP contribution in [0.2, 0.25) is 0 Å². The Labute approximate surface area is 163 Å². The van der Waals surface area contributed by atoms with Gasteiger partial charge in [0.25, 0.3) is 0 Å². The summed E-state index contributed by atoms with van der Waals surface area (Å²) >= 11 is 1.83. The molecule has 0 unspecified atom stereocenters. The van der Waals surface area contributed by atoms with Gasteiger partial charge in [-0.05, 0) is 48.7 Å². The van der Waals surface area contributed by atoms with Gasteiger partial charge in [0.05, 0.1) is 11.4 Å². The molecule has 1 aromatic heterocycles. The van der Waals surface area contributed by atoms with Crippen LogP contribution in [0.25, 0.3) is 11.8 Å². The molecule has 0 radical (unpaired) electrons. The minimum Gasteiger partial charge on any atom is -0.307 e. The SMILES string of the molecule is Cc1cc(C)cc(-n2nc3c(c2NC(=O)/C=C\c2ccccc2)CSC3)c1. The lowest BCUT2D eigenvalue weighted by atomic mass is 10.1. The number of hydrogen-bond donors (Lipinski definition) is 1. The second-order valence-electron chi connectivity index (χ2n) is 6.76. The molecule has 0 saturated carbocycles. The Morgan fingerprint density at radius 1 is 1.11 bits per heavy atom. The summed E-state index contributed by atoms with van der Waals surface area (Å²) in [6.45, 7) is 4.15. The van der Waals surface area contributed by atoms with E-state index in [-0.39, 0.29) is 5.91 Å². The van der Waals surface area contributed by atoms with Crippen LogP contribution in [0.4, 0.5) is 5.82 Å². The molecule has 0 aliphatic carbocycles. The van der Waals surface area contributed by atoms with E-state index in [1.165, 1.54) is 11.1 Å². The molecule has 2 heterocycles. The lowest BCUT2D eigenvalue weighted by Gasteiger charge is -2.11. The van der Waals surface area contributed by atoms with E-state index in [0.29, 0.717) is 0 Å². The van der Waals surface area contributed by atoms with Crippen LogP contribution in [0.1, 0.15) is 27.9 Å². The molecule has 1 N–H and O–H groups in total. The zero-order valence-corrected chi connectivity index (χ0v) is 16.2. The first-order valence-electron chi connectivity index (χ1n) is 8.91. The van der Waals surface area contributed by atoms with E-state index >= 15 is 0 Å². The number of carbonyl (C=O) groups is 1. The molecule has 1 aliphatic rings. The van der Waals surface area contributed by atoms with Crippen LogP contribution in [0.3, 0.4) is 0 Å². The van der Waals surface area contributed by atoms with E-state index < -0.39 is 0 Å². The van der Waals surface area contributed by atoms with Crippen LogP contribution in [0, 0.1) is 13.8 Å². The fraction of sp³-hybridized carbons (Fsp3) is 0.182. The van der Waals surface area contributed by atoms with Crippen molar-refractivity contribution < 1.29 is 4.79 Å². The molecule has 0 atom stereocenters. The average Bonchev–Trinajstić information content (AvgIpc) is 3.23. The Balaban J connectivity index is 1.66. The number of thioether (sulfide) groups is 1. The maximum atomic E-state index is 12.6. The fourth-order valence-corrected chi connectivity index (χ4v) is 4.33. The van der Waals surface area contributed by atoms with Gasteiger partial charge in [-0.15, -0.1) is 0 Å². The Hall–Kier alpha value is -2.79. The third-order valence-corrected chi connectivity index (χ3v) is 5.44. The minimum atomic E-state index is -0.149. The van der Waals surface area contributed by atoms with Gasteiger partial charge in [-0.2, -0.15) is 16.9 Å². The van der Waals surface area contributed by atoms with Crippen LogP contribution in [0.5, 0.6) is 0 Å². The summed E-state index contributed by atoms with van der Waals surface area (Å²) in [5, 5.41) is 7.83. The number of anilines is 1. The zero-order chi connectivity index (χ0) is 18.8. The molecule has 0 spiro atoms. The quantitative estimate of drug-likeness (QED) is 0.661. The smallest absolute Gasteiger partial charge is 0.249 e. The highest BCUT2D eigenvalue weighted by Crippen LogP contribution is 2.36. The van der Waals surface area contributed by atoms with Crippen LogP contribution in [0.15, 0.2) is 54.6 Å². The van der Waals surface area contributed by atoms with Crippen LogP contribution >= 0.6 is 11.8 Å². The standard InChI is InChI=1S/C22H21N3OS/c1-15-10-16(2)12-18(11-15)25-22(19-13-27-14-20(19)24-25)23-21(26)9-8-17-6-4-3-5-7-17/h3-12H,13-14H2,1-2H3,(H,23,26)/b9-8-. The van der Waals surface area contributed by atoms with Crippen molar-refractivity contribution in [2.75, 3.05) is 5.32 Å². The second kappa shape index (κ2) is 7.45. The molecule has 3 aromatic rings. The third-order valence-electron chi connectivity index (χ3n) is 4.47. The molecule has 1 aliphatic heterocycles. The second-order valence-corrected chi connectivity index (χ2v) is 7.74. The van der Waals surface area contributed by atoms with E-state index in [2.05, 4.69) is 37.4 Å². The highest BCUT2D eigenvalue weighted by Gasteiger charge is 2.24. The largest absolute Gasteiger partial charge is 0.307 e. The Morgan fingerprint density at radius 2 is 1.85 bits per heavy atom. The number of hydrogen-bond acceptors (Lipinski definition) is 3. The number of aromatic nitrogens is 2. The Morgan fingerprint density at radius 3 is 2.59 bits per heavy atom. The van der Waals surface area contributed by atoms with Gasteiger partial charge >= 0.3 is 0 Å². The number of benzene rings is 2. The van der Waals surface area contributed by atoms with Crippen LogP contribution < -0.4 is 5.32 Å². The van der Waals surface area contributed by atoms with E-state index in [4.69, 9.17) is 5.10 Å².